The van der Waals surface area contributed by atoms with E-state index in [4.69, 9.17) is 4.74 Å². The minimum atomic E-state index is -0.636. The summed E-state index contributed by atoms with van der Waals surface area (Å²) in [5.74, 6) is -1.42. The van der Waals surface area contributed by atoms with Crippen LogP contribution in [-0.2, 0) is 9.53 Å². The van der Waals surface area contributed by atoms with Gasteiger partial charge >= 0.3 is 5.97 Å². The van der Waals surface area contributed by atoms with Gasteiger partial charge in [-0.25, -0.2) is 14.2 Å². The van der Waals surface area contributed by atoms with Gasteiger partial charge in [0.2, 0.25) is 0 Å². The van der Waals surface area contributed by atoms with Crippen LogP contribution in [0, 0.1) is 19.7 Å². The molecule has 3 aromatic carbocycles. The molecule has 0 radical (unpaired) electrons. The highest BCUT2D eigenvalue weighted by Gasteiger charge is 2.17. The minimum Gasteiger partial charge on any atom is -0.452 e. The molecule has 1 amide bonds. The lowest BCUT2D eigenvalue weighted by Gasteiger charge is -2.12. The van der Waals surface area contributed by atoms with Crippen LogP contribution in [0.4, 0.5) is 10.1 Å². The van der Waals surface area contributed by atoms with Crippen LogP contribution in [0.1, 0.15) is 21.5 Å². The van der Waals surface area contributed by atoms with Crippen molar-refractivity contribution in [1.29, 1.82) is 0 Å². The summed E-state index contributed by atoms with van der Waals surface area (Å²) in [5, 5.41) is 3.38. The van der Waals surface area contributed by atoms with Gasteiger partial charge in [-0.1, -0.05) is 30.3 Å². The van der Waals surface area contributed by atoms with Gasteiger partial charge in [0.25, 0.3) is 5.91 Å². The normalized spacial score (nSPS) is 10.7. The molecule has 4 rings (SSSR count). The maximum Gasteiger partial charge on any atom is 0.339 e. The van der Waals surface area contributed by atoms with Gasteiger partial charge < -0.3 is 10.1 Å². The fourth-order valence-corrected chi connectivity index (χ4v) is 3.38. The molecule has 0 unspecified atom stereocenters. The molecule has 0 aliphatic carbocycles. The van der Waals surface area contributed by atoms with E-state index in [0.717, 1.165) is 11.1 Å². The van der Waals surface area contributed by atoms with Crippen molar-refractivity contribution in [2.24, 2.45) is 0 Å². The van der Waals surface area contributed by atoms with Crippen LogP contribution in [0.15, 0.2) is 72.8 Å². The summed E-state index contributed by atoms with van der Waals surface area (Å²) in [5.41, 5.74) is 4.67. The Labute approximate surface area is 184 Å². The summed E-state index contributed by atoms with van der Waals surface area (Å²) in [6.45, 7) is 3.40. The zero-order valence-corrected chi connectivity index (χ0v) is 17.7. The Hall–Kier alpha value is -4.06. The van der Waals surface area contributed by atoms with E-state index in [-0.39, 0.29) is 11.4 Å². The Morgan fingerprint density at radius 3 is 2.50 bits per heavy atom. The predicted molar refractivity (Wildman–Crippen MR) is 122 cm³/mol. The standard InChI is InChI=1S/C26H21FN2O3/c1-16-7-8-17(2)23(13-16)29-25(30)15-32-26(31)21-14-24(18-9-11-19(27)12-10-18)28-22-6-4-3-5-20(21)22/h3-14H,15H2,1-2H3,(H,29,30). The molecule has 0 atom stereocenters. The van der Waals surface area contributed by atoms with E-state index in [1.807, 2.05) is 38.1 Å². The van der Waals surface area contributed by atoms with Crippen molar-refractivity contribution >= 4 is 28.5 Å². The van der Waals surface area contributed by atoms with Crippen molar-refractivity contribution in [3.63, 3.8) is 0 Å². The van der Waals surface area contributed by atoms with E-state index in [9.17, 15) is 14.0 Å². The topological polar surface area (TPSA) is 68.3 Å². The van der Waals surface area contributed by atoms with E-state index in [1.165, 1.54) is 12.1 Å². The number of carbonyl (C=O) groups excluding carboxylic acids is 2. The monoisotopic (exact) mass is 428 g/mol. The number of aryl methyl sites for hydroxylation is 2. The largest absolute Gasteiger partial charge is 0.452 e. The number of esters is 1. The number of amides is 1. The van der Waals surface area contributed by atoms with E-state index in [1.54, 1.807) is 36.4 Å². The molecule has 5 nitrogen and oxygen atoms in total. The smallest absolute Gasteiger partial charge is 0.339 e. The third-order valence-corrected chi connectivity index (χ3v) is 5.08. The number of hydrogen-bond acceptors (Lipinski definition) is 4. The third kappa shape index (κ3) is 4.64. The molecule has 4 aromatic rings. The van der Waals surface area contributed by atoms with Crippen LogP contribution in [0.25, 0.3) is 22.2 Å². The highest BCUT2D eigenvalue weighted by Crippen LogP contribution is 2.26. The number of aromatic nitrogens is 1. The molecule has 0 saturated heterocycles. The average Bonchev–Trinajstić information content (AvgIpc) is 2.79. The van der Waals surface area contributed by atoms with Crippen molar-refractivity contribution in [2.45, 2.75) is 13.8 Å². The lowest BCUT2D eigenvalue weighted by molar-refractivity contribution is -0.119. The van der Waals surface area contributed by atoms with Gasteiger partial charge in [0, 0.05) is 16.6 Å². The second-order valence-corrected chi connectivity index (χ2v) is 7.52. The Bertz CT molecular complexity index is 1320. The highest BCUT2D eigenvalue weighted by molar-refractivity contribution is 6.05. The molecule has 0 saturated carbocycles. The number of pyridine rings is 1. The number of fused-ring (bicyclic) bond motifs is 1. The molecule has 160 valence electrons. The van der Waals surface area contributed by atoms with Crippen molar-refractivity contribution < 1.29 is 18.7 Å². The number of halogens is 1. The summed E-state index contributed by atoms with van der Waals surface area (Å²) in [4.78, 5) is 29.8. The molecule has 0 spiro atoms. The molecule has 6 heteroatoms. The molecule has 0 aliphatic heterocycles. The first-order chi connectivity index (χ1) is 15.4. The summed E-state index contributed by atoms with van der Waals surface area (Å²) in [6, 6.07) is 20.4. The third-order valence-electron chi connectivity index (χ3n) is 5.08. The maximum absolute atomic E-state index is 13.3. The number of para-hydroxylation sites is 1. The summed E-state index contributed by atoms with van der Waals surface area (Å²) in [6.07, 6.45) is 0. The van der Waals surface area contributed by atoms with E-state index in [2.05, 4.69) is 10.3 Å². The van der Waals surface area contributed by atoms with Gasteiger partial charge in [0.05, 0.1) is 16.8 Å². The second kappa shape index (κ2) is 8.98. The molecular weight excluding hydrogens is 407 g/mol. The van der Waals surface area contributed by atoms with Crippen LogP contribution in [0.3, 0.4) is 0 Å². The SMILES string of the molecule is Cc1ccc(C)c(NC(=O)COC(=O)c2cc(-c3ccc(F)cc3)nc3ccccc23)c1. The zero-order valence-electron chi connectivity index (χ0n) is 17.7. The first kappa shape index (κ1) is 21.2. The first-order valence-electron chi connectivity index (χ1n) is 10.1. The van der Waals surface area contributed by atoms with Crippen molar-refractivity contribution in [3.8, 4) is 11.3 Å². The van der Waals surface area contributed by atoms with Gasteiger partial charge in [-0.05, 0) is 67.4 Å². The van der Waals surface area contributed by atoms with Crippen LogP contribution in [0.2, 0.25) is 0 Å². The fourth-order valence-electron chi connectivity index (χ4n) is 3.38. The Morgan fingerprint density at radius 1 is 0.969 bits per heavy atom. The van der Waals surface area contributed by atoms with Gasteiger partial charge in [0.1, 0.15) is 5.82 Å². The molecular formula is C26H21FN2O3. The van der Waals surface area contributed by atoms with Gasteiger partial charge in [-0.2, -0.15) is 0 Å². The summed E-state index contributed by atoms with van der Waals surface area (Å²) >= 11 is 0. The number of ether oxygens (including phenoxy) is 1. The van der Waals surface area contributed by atoms with Crippen molar-refractivity contribution in [1.82, 2.24) is 4.98 Å². The lowest BCUT2D eigenvalue weighted by atomic mass is 10.0. The fraction of sp³-hybridized carbons (Fsp3) is 0.115. The molecule has 0 bridgehead atoms. The quantitative estimate of drug-likeness (QED) is 0.429. The Kier molecular flexibility index (Phi) is 5.94. The number of carbonyl (C=O) groups is 2. The predicted octanol–water partition coefficient (Wildman–Crippen LogP) is 5.45. The molecule has 32 heavy (non-hydrogen) atoms. The Morgan fingerprint density at radius 2 is 1.72 bits per heavy atom. The Balaban J connectivity index is 1.56. The van der Waals surface area contributed by atoms with Crippen LogP contribution < -0.4 is 5.32 Å². The van der Waals surface area contributed by atoms with E-state index in [0.29, 0.717) is 27.8 Å². The minimum absolute atomic E-state index is 0.287. The van der Waals surface area contributed by atoms with Crippen LogP contribution in [0.5, 0.6) is 0 Å². The number of nitrogens with one attached hydrogen (secondary N) is 1. The summed E-state index contributed by atoms with van der Waals surface area (Å²) < 4.78 is 18.6. The van der Waals surface area contributed by atoms with Crippen LogP contribution >= 0.6 is 0 Å². The number of benzene rings is 3. The second-order valence-electron chi connectivity index (χ2n) is 7.52. The van der Waals surface area contributed by atoms with Crippen molar-refractivity contribution in [3.05, 3.63) is 95.3 Å². The van der Waals surface area contributed by atoms with E-state index >= 15 is 0 Å². The average molecular weight is 428 g/mol. The highest BCUT2D eigenvalue weighted by atomic mass is 19.1. The molecule has 1 heterocycles. The molecule has 1 aromatic heterocycles. The van der Waals surface area contributed by atoms with E-state index < -0.39 is 18.5 Å². The zero-order chi connectivity index (χ0) is 22.7. The summed E-state index contributed by atoms with van der Waals surface area (Å²) in [7, 11) is 0. The van der Waals surface area contributed by atoms with Crippen LogP contribution in [-0.4, -0.2) is 23.5 Å². The van der Waals surface area contributed by atoms with Gasteiger partial charge in [-0.15, -0.1) is 0 Å². The first-order valence-corrected chi connectivity index (χ1v) is 10.1. The molecule has 0 fully saturated rings. The maximum atomic E-state index is 13.3. The number of anilines is 1. The van der Waals surface area contributed by atoms with Gasteiger partial charge in [0.15, 0.2) is 6.61 Å². The number of rotatable bonds is 5. The number of hydrogen-bond donors (Lipinski definition) is 1. The van der Waals surface area contributed by atoms with Crippen molar-refractivity contribution in [2.75, 3.05) is 11.9 Å². The number of nitrogens with zero attached hydrogens (tertiary/aromatic N) is 1. The molecule has 0 aliphatic rings. The lowest BCUT2D eigenvalue weighted by Crippen LogP contribution is -2.21. The molecule has 1 N–H and O–H groups in total. The van der Waals surface area contributed by atoms with Gasteiger partial charge in [-0.3, -0.25) is 4.79 Å².